The van der Waals surface area contributed by atoms with Gasteiger partial charge < -0.3 is 14.5 Å². The number of piperazine rings is 1. The van der Waals surface area contributed by atoms with Crippen molar-refractivity contribution in [1.29, 1.82) is 0 Å². The van der Waals surface area contributed by atoms with Crippen LogP contribution in [0.2, 0.25) is 0 Å². The number of methoxy groups -OCH3 is 1. The van der Waals surface area contributed by atoms with Gasteiger partial charge in [0.25, 0.3) is 0 Å². The third-order valence-corrected chi connectivity index (χ3v) is 5.37. The highest BCUT2D eigenvalue weighted by molar-refractivity contribution is 7.09. The minimum atomic E-state index is -0.305. The molecule has 1 aromatic heterocycles. The molecule has 0 saturated carbocycles. The number of esters is 1. The number of aromatic nitrogens is 2. The Morgan fingerprint density at radius 3 is 2.46 bits per heavy atom. The number of nitrogens with zero attached hydrogens (tertiary/aromatic N) is 4. The van der Waals surface area contributed by atoms with Gasteiger partial charge in [-0.1, -0.05) is 20.8 Å². The summed E-state index contributed by atoms with van der Waals surface area (Å²) in [4.78, 5) is 21.0. The third-order valence-electron chi connectivity index (χ3n) is 4.61. The van der Waals surface area contributed by atoms with Crippen molar-refractivity contribution in [1.82, 2.24) is 9.36 Å². The first-order valence-corrected chi connectivity index (χ1v) is 9.61. The summed E-state index contributed by atoms with van der Waals surface area (Å²) in [6.07, 6.45) is 0. The number of hydrogen-bond donors (Lipinski definition) is 0. The lowest BCUT2D eigenvalue weighted by molar-refractivity contribution is 0.0601. The lowest BCUT2D eigenvalue weighted by atomic mass is 9.96. The maximum Gasteiger partial charge on any atom is 0.337 e. The van der Waals surface area contributed by atoms with E-state index >= 15 is 0 Å². The molecule has 1 aliphatic heterocycles. The van der Waals surface area contributed by atoms with Crippen LogP contribution in [-0.4, -0.2) is 48.1 Å². The number of carbonyl (C=O) groups is 1. The molecule has 1 aromatic carbocycles. The molecule has 0 aliphatic carbocycles. The van der Waals surface area contributed by atoms with Crippen molar-refractivity contribution in [2.24, 2.45) is 0 Å². The monoisotopic (exact) mass is 374 g/mol. The van der Waals surface area contributed by atoms with E-state index in [0.29, 0.717) is 11.6 Å². The zero-order valence-electron chi connectivity index (χ0n) is 16.0. The third kappa shape index (κ3) is 3.82. The summed E-state index contributed by atoms with van der Waals surface area (Å²) in [5.41, 5.74) is 1.67. The van der Waals surface area contributed by atoms with Crippen LogP contribution in [0.15, 0.2) is 24.3 Å². The van der Waals surface area contributed by atoms with Gasteiger partial charge in [-0.2, -0.15) is 4.37 Å². The molecule has 0 bridgehead atoms. The summed E-state index contributed by atoms with van der Waals surface area (Å²) in [5.74, 6) is 0.603. The highest BCUT2D eigenvalue weighted by Gasteiger charge is 2.28. The van der Waals surface area contributed by atoms with E-state index < -0.39 is 0 Å². The Bertz CT molecular complexity index is 767. The Morgan fingerprint density at radius 2 is 1.92 bits per heavy atom. The van der Waals surface area contributed by atoms with Crippen molar-refractivity contribution in [2.75, 3.05) is 36.5 Å². The van der Waals surface area contributed by atoms with E-state index in [1.165, 1.54) is 18.6 Å². The zero-order chi connectivity index (χ0) is 18.9. The van der Waals surface area contributed by atoms with Gasteiger partial charge in [0.15, 0.2) is 0 Å². The quantitative estimate of drug-likeness (QED) is 0.768. The lowest BCUT2D eigenvalue weighted by Gasteiger charge is -2.40. The Kier molecular flexibility index (Phi) is 5.18. The van der Waals surface area contributed by atoms with E-state index in [4.69, 9.17) is 9.72 Å². The van der Waals surface area contributed by atoms with Crippen molar-refractivity contribution in [3.8, 4) is 0 Å². The van der Waals surface area contributed by atoms with Crippen LogP contribution in [0, 0.1) is 0 Å². The smallest absolute Gasteiger partial charge is 0.337 e. The molecule has 7 heteroatoms. The molecule has 0 radical (unpaired) electrons. The molecule has 0 amide bonds. The van der Waals surface area contributed by atoms with Crippen molar-refractivity contribution in [3.05, 3.63) is 35.7 Å². The molecule has 0 spiro atoms. The molecule has 1 aliphatic rings. The fraction of sp³-hybridized carbons (Fsp3) is 0.526. The summed E-state index contributed by atoms with van der Waals surface area (Å²) in [7, 11) is 1.40. The molecule has 2 heterocycles. The predicted octanol–water partition coefficient (Wildman–Crippen LogP) is 3.34. The largest absolute Gasteiger partial charge is 0.465 e. The maximum atomic E-state index is 11.6. The lowest BCUT2D eigenvalue weighted by Crippen LogP contribution is -2.52. The number of rotatable bonds is 3. The fourth-order valence-corrected chi connectivity index (χ4v) is 4.03. The van der Waals surface area contributed by atoms with Crippen molar-refractivity contribution in [3.63, 3.8) is 0 Å². The molecular weight excluding hydrogens is 348 g/mol. The van der Waals surface area contributed by atoms with Gasteiger partial charge in [-0.05, 0) is 31.2 Å². The van der Waals surface area contributed by atoms with Crippen LogP contribution >= 0.6 is 11.5 Å². The minimum Gasteiger partial charge on any atom is -0.465 e. The Morgan fingerprint density at radius 1 is 1.23 bits per heavy atom. The number of anilines is 2. The van der Waals surface area contributed by atoms with Crippen molar-refractivity contribution >= 4 is 28.3 Å². The minimum absolute atomic E-state index is 0.0266. The first kappa shape index (κ1) is 18.6. The summed E-state index contributed by atoms with van der Waals surface area (Å²) >= 11 is 1.49. The van der Waals surface area contributed by atoms with Gasteiger partial charge >= 0.3 is 5.97 Å². The van der Waals surface area contributed by atoms with Crippen LogP contribution in [0.3, 0.4) is 0 Å². The normalized spacial score (nSPS) is 18.1. The van der Waals surface area contributed by atoms with E-state index in [1.54, 1.807) is 0 Å². The van der Waals surface area contributed by atoms with Gasteiger partial charge in [0.05, 0.1) is 12.7 Å². The SMILES string of the molecule is COC(=O)c1ccc(N2CCN(c3nc(C(C)(C)C)ns3)C(C)C2)cc1. The van der Waals surface area contributed by atoms with Crippen LogP contribution in [0.1, 0.15) is 43.9 Å². The van der Waals surface area contributed by atoms with Crippen LogP contribution in [-0.2, 0) is 10.2 Å². The summed E-state index contributed by atoms with van der Waals surface area (Å²) in [5, 5.41) is 1.00. The second kappa shape index (κ2) is 7.23. The highest BCUT2D eigenvalue weighted by Crippen LogP contribution is 2.29. The average Bonchev–Trinajstić information content (AvgIpc) is 3.11. The topological polar surface area (TPSA) is 58.6 Å². The molecule has 1 atom stereocenters. The Labute approximate surface area is 159 Å². The average molecular weight is 375 g/mol. The van der Waals surface area contributed by atoms with E-state index in [2.05, 4.69) is 41.9 Å². The fourth-order valence-electron chi connectivity index (χ4n) is 3.04. The molecule has 2 aromatic rings. The first-order valence-electron chi connectivity index (χ1n) is 8.84. The zero-order valence-corrected chi connectivity index (χ0v) is 16.8. The van der Waals surface area contributed by atoms with Gasteiger partial charge in [-0.3, -0.25) is 0 Å². The van der Waals surface area contributed by atoms with Gasteiger partial charge in [-0.25, -0.2) is 9.78 Å². The molecule has 0 N–H and O–H groups in total. The molecule has 26 heavy (non-hydrogen) atoms. The van der Waals surface area contributed by atoms with E-state index in [1.807, 2.05) is 24.3 Å². The number of hydrogen-bond acceptors (Lipinski definition) is 7. The van der Waals surface area contributed by atoms with Crippen molar-refractivity contribution in [2.45, 2.75) is 39.2 Å². The molecule has 3 rings (SSSR count). The molecule has 1 unspecified atom stereocenters. The van der Waals surface area contributed by atoms with Gasteiger partial charge in [-0.15, -0.1) is 0 Å². The summed E-state index contributed by atoms with van der Waals surface area (Å²) < 4.78 is 9.30. The second-order valence-corrected chi connectivity index (χ2v) is 8.41. The number of carbonyl (C=O) groups excluding carboxylic acids is 1. The van der Waals surface area contributed by atoms with Crippen LogP contribution in [0.25, 0.3) is 0 Å². The standard InChI is InChI=1S/C19H26N4O2S/c1-13-12-22(15-8-6-14(7-9-15)16(24)25-5)10-11-23(13)18-20-17(21-26-18)19(2,3)4/h6-9,13H,10-12H2,1-5H3. The molecule has 140 valence electrons. The second-order valence-electron chi connectivity index (χ2n) is 7.68. The predicted molar refractivity (Wildman–Crippen MR) is 105 cm³/mol. The number of benzene rings is 1. The molecule has 1 fully saturated rings. The first-order chi connectivity index (χ1) is 12.3. The highest BCUT2D eigenvalue weighted by atomic mass is 32.1. The van der Waals surface area contributed by atoms with Gasteiger partial charge in [0.1, 0.15) is 5.82 Å². The molecule has 6 nitrogen and oxygen atoms in total. The summed E-state index contributed by atoms with van der Waals surface area (Å²) in [6, 6.07) is 7.94. The maximum absolute atomic E-state index is 11.6. The van der Waals surface area contributed by atoms with Crippen molar-refractivity contribution < 1.29 is 9.53 Å². The Hall–Kier alpha value is -2.15. The van der Waals surface area contributed by atoms with Crippen LogP contribution in [0.4, 0.5) is 10.8 Å². The van der Waals surface area contributed by atoms with E-state index in [0.717, 1.165) is 36.3 Å². The number of ether oxygens (including phenoxy) is 1. The van der Waals surface area contributed by atoms with Gasteiger partial charge in [0, 0.05) is 48.3 Å². The Balaban J connectivity index is 1.68. The van der Waals surface area contributed by atoms with E-state index in [-0.39, 0.29) is 11.4 Å². The molecular formula is C19H26N4O2S. The van der Waals surface area contributed by atoms with E-state index in [9.17, 15) is 4.79 Å². The summed E-state index contributed by atoms with van der Waals surface area (Å²) in [6.45, 7) is 11.3. The van der Waals surface area contributed by atoms with Crippen LogP contribution in [0.5, 0.6) is 0 Å². The molecule has 1 saturated heterocycles. The van der Waals surface area contributed by atoms with Crippen LogP contribution < -0.4 is 9.80 Å². The van der Waals surface area contributed by atoms with Gasteiger partial charge in [0.2, 0.25) is 5.13 Å².